The predicted octanol–water partition coefficient (Wildman–Crippen LogP) is 3.01. The summed E-state index contributed by atoms with van der Waals surface area (Å²) in [5, 5.41) is 9.87. The lowest BCUT2D eigenvalue weighted by Crippen LogP contribution is -2.14. The highest BCUT2D eigenvalue weighted by molar-refractivity contribution is 7.97. The number of hydrogen-bond donors (Lipinski definition) is 3. The maximum absolute atomic E-state index is 12.3. The Morgan fingerprint density at radius 3 is 2.83 bits per heavy atom. The second-order valence-electron chi connectivity index (χ2n) is 5.07. The quantitative estimate of drug-likeness (QED) is 0.618. The monoisotopic (exact) mass is 359 g/mol. The molecular weight excluding hydrogens is 346 g/mol. The van der Waals surface area contributed by atoms with E-state index in [9.17, 15) is 4.79 Å². The minimum Gasteiger partial charge on any atom is -0.368 e. The predicted molar refractivity (Wildman–Crippen MR) is 97.8 cm³/mol. The normalized spacial score (nSPS) is 10.8. The number of benzene rings is 2. The van der Waals surface area contributed by atoms with Crippen LogP contribution in [0.5, 0.6) is 0 Å². The highest BCUT2D eigenvalue weighted by Gasteiger charge is 2.10. The first-order valence-electron chi connectivity index (χ1n) is 7.03. The smallest absolute Gasteiger partial charge is 0.228 e. The van der Waals surface area contributed by atoms with Crippen molar-refractivity contribution >= 4 is 52.0 Å². The number of nitrogens with one attached hydrogen (secondary N) is 1. The summed E-state index contributed by atoms with van der Waals surface area (Å²) < 4.78 is 0. The van der Waals surface area contributed by atoms with Crippen molar-refractivity contribution in [1.82, 2.24) is 9.97 Å². The number of fused-ring (bicyclic) bond motifs is 1. The standard InChI is InChI=1S/C16H14ClN5OS/c17-12-4-2-1-3-9(12)5-15(23)21-10-6-13-11(14(7-10)24-19)8-20-16(18)22-13/h1-4,6-8H,5,19H2,(H,21,23)(H2,18,20,22). The van der Waals surface area contributed by atoms with Gasteiger partial charge < -0.3 is 11.1 Å². The minimum atomic E-state index is -0.183. The van der Waals surface area contributed by atoms with E-state index >= 15 is 0 Å². The molecule has 8 heteroatoms. The maximum Gasteiger partial charge on any atom is 0.228 e. The van der Waals surface area contributed by atoms with E-state index in [0.717, 1.165) is 27.8 Å². The van der Waals surface area contributed by atoms with Gasteiger partial charge in [0.25, 0.3) is 0 Å². The summed E-state index contributed by atoms with van der Waals surface area (Å²) in [5.41, 5.74) is 7.59. The van der Waals surface area contributed by atoms with Gasteiger partial charge in [-0.15, -0.1) is 0 Å². The number of anilines is 2. The summed E-state index contributed by atoms with van der Waals surface area (Å²) >= 11 is 7.14. The zero-order valence-electron chi connectivity index (χ0n) is 12.5. The topological polar surface area (TPSA) is 107 Å². The van der Waals surface area contributed by atoms with E-state index in [1.165, 1.54) is 0 Å². The first kappa shape index (κ1) is 16.5. The molecule has 0 spiro atoms. The highest BCUT2D eigenvalue weighted by atomic mass is 35.5. The Morgan fingerprint density at radius 1 is 1.29 bits per heavy atom. The van der Waals surface area contributed by atoms with E-state index < -0.39 is 0 Å². The van der Waals surface area contributed by atoms with Crippen LogP contribution < -0.4 is 16.2 Å². The Hall–Kier alpha value is -2.35. The third kappa shape index (κ3) is 3.59. The van der Waals surface area contributed by atoms with Gasteiger partial charge in [-0.2, -0.15) is 0 Å². The zero-order valence-corrected chi connectivity index (χ0v) is 14.1. The molecule has 0 atom stereocenters. The van der Waals surface area contributed by atoms with Crippen LogP contribution in [0.15, 0.2) is 47.5 Å². The Kier molecular flexibility index (Phi) is 4.84. The number of aromatic nitrogens is 2. The van der Waals surface area contributed by atoms with E-state index in [2.05, 4.69) is 15.3 Å². The molecule has 0 radical (unpaired) electrons. The van der Waals surface area contributed by atoms with Gasteiger partial charge in [0.15, 0.2) is 0 Å². The Bertz CT molecular complexity index is 918. The van der Waals surface area contributed by atoms with E-state index in [1.54, 1.807) is 24.4 Å². The number of rotatable bonds is 4. The van der Waals surface area contributed by atoms with E-state index in [-0.39, 0.29) is 18.3 Å². The van der Waals surface area contributed by atoms with Crippen LogP contribution in [0.4, 0.5) is 11.6 Å². The molecule has 0 saturated heterocycles. The second kappa shape index (κ2) is 7.04. The maximum atomic E-state index is 12.3. The number of hydrogen-bond acceptors (Lipinski definition) is 6. The molecule has 0 aliphatic heterocycles. The lowest BCUT2D eigenvalue weighted by atomic mass is 10.1. The van der Waals surface area contributed by atoms with Crippen molar-refractivity contribution in [2.24, 2.45) is 5.14 Å². The van der Waals surface area contributed by atoms with E-state index in [1.807, 2.05) is 18.2 Å². The number of nitrogens with two attached hydrogens (primary N) is 2. The Balaban J connectivity index is 1.87. The van der Waals surface area contributed by atoms with Crippen LogP contribution in [0.2, 0.25) is 5.02 Å². The largest absolute Gasteiger partial charge is 0.368 e. The number of nitrogen functional groups attached to an aromatic ring is 1. The first-order valence-corrected chi connectivity index (χ1v) is 8.29. The molecule has 0 bridgehead atoms. The van der Waals surface area contributed by atoms with Gasteiger partial charge >= 0.3 is 0 Å². The van der Waals surface area contributed by atoms with Crippen LogP contribution in [0.25, 0.3) is 10.9 Å². The average Bonchev–Trinajstić information content (AvgIpc) is 2.55. The molecule has 0 aliphatic rings. The van der Waals surface area contributed by atoms with Crippen LogP contribution in [-0.4, -0.2) is 15.9 Å². The molecule has 0 aliphatic carbocycles. The van der Waals surface area contributed by atoms with Crippen molar-refractivity contribution in [3.63, 3.8) is 0 Å². The van der Waals surface area contributed by atoms with Crippen molar-refractivity contribution in [2.75, 3.05) is 11.1 Å². The number of carbonyl (C=O) groups excluding carboxylic acids is 1. The number of halogens is 1. The van der Waals surface area contributed by atoms with E-state index in [4.69, 9.17) is 22.5 Å². The number of carbonyl (C=O) groups is 1. The molecule has 6 nitrogen and oxygen atoms in total. The highest BCUT2D eigenvalue weighted by Crippen LogP contribution is 2.28. The van der Waals surface area contributed by atoms with Gasteiger partial charge in [-0.25, -0.2) is 9.97 Å². The summed E-state index contributed by atoms with van der Waals surface area (Å²) in [5.74, 6) is -0.0209. The van der Waals surface area contributed by atoms with Gasteiger partial charge in [-0.05, 0) is 35.7 Å². The fourth-order valence-electron chi connectivity index (χ4n) is 2.31. The fourth-order valence-corrected chi connectivity index (χ4v) is 2.99. The molecule has 0 unspecified atom stereocenters. The molecule has 122 valence electrons. The molecule has 0 saturated carbocycles. The van der Waals surface area contributed by atoms with Crippen LogP contribution in [0.1, 0.15) is 5.56 Å². The summed E-state index contributed by atoms with van der Waals surface area (Å²) in [4.78, 5) is 21.2. The molecule has 0 fully saturated rings. The van der Waals surface area contributed by atoms with Crippen LogP contribution in [-0.2, 0) is 11.2 Å². The summed E-state index contributed by atoms with van der Waals surface area (Å²) in [6.45, 7) is 0. The molecule has 24 heavy (non-hydrogen) atoms. The molecular formula is C16H14ClN5OS. The first-order chi connectivity index (χ1) is 11.6. The minimum absolute atomic E-state index is 0.162. The third-order valence-electron chi connectivity index (χ3n) is 3.40. The van der Waals surface area contributed by atoms with Crippen molar-refractivity contribution < 1.29 is 4.79 Å². The Morgan fingerprint density at radius 2 is 2.08 bits per heavy atom. The van der Waals surface area contributed by atoms with Crippen LogP contribution >= 0.6 is 23.5 Å². The molecule has 3 aromatic rings. The van der Waals surface area contributed by atoms with Gasteiger partial charge in [0, 0.05) is 27.2 Å². The molecule has 1 heterocycles. The molecule has 1 aromatic heterocycles. The van der Waals surface area contributed by atoms with Crippen molar-refractivity contribution in [1.29, 1.82) is 0 Å². The lowest BCUT2D eigenvalue weighted by molar-refractivity contribution is -0.115. The SMILES string of the molecule is NSc1cc(NC(=O)Cc2ccccc2Cl)cc2nc(N)ncc12. The fraction of sp³-hybridized carbons (Fsp3) is 0.0625. The van der Waals surface area contributed by atoms with Crippen molar-refractivity contribution in [3.8, 4) is 0 Å². The zero-order chi connectivity index (χ0) is 17.1. The summed E-state index contributed by atoms with van der Waals surface area (Å²) in [6, 6.07) is 10.7. The van der Waals surface area contributed by atoms with Gasteiger partial charge in [0.1, 0.15) is 0 Å². The van der Waals surface area contributed by atoms with Crippen LogP contribution in [0, 0.1) is 0 Å². The van der Waals surface area contributed by atoms with Crippen LogP contribution in [0.3, 0.4) is 0 Å². The molecule has 2 aromatic carbocycles. The van der Waals surface area contributed by atoms with Crippen molar-refractivity contribution in [3.05, 3.63) is 53.2 Å². The van der Waals surface area contributed by atoms with Gasteiger partial charge in [-0.3, -0.25) is 9.93 Å². The lowest BCUT2D eigenvalue weighted by Gasteiger charge is -2.10. The molecule has 3 rings (SSSR count). The van der Waals surface area contributed by atoms with Gasteiger partial charge in [0.2, 0.25) is 11.9 Å². The molecule has 5 N–H and O–H groups in total. The molecule has 1 amide bonds. The summed E-state index contributed by atoms with van der Waals surface area (Å²) in [7, 11) is 0. The van der Waals surface area contributed by atoms with Gasteiger partial charge in [0.05, 0.1) is 11.9 Å². The third-order valence-corrected chi connectivity index (χ3v) is 4.36. The Labute approximate surface area is 147 Å². The number of nitrogens with zero attached hydrogens (tertiary/aromatic N) is 2. The average molecular weight is 360 g/mol. The van der Waals surface area contributed by atoms with E-state index in [0.29, 0.717) is 16.2 Å². The summed E-state index contributed by atoms with van der Waals surface area (Å²) in [6.07, 6.45) is 1.79. The second-order valence-corrected chi connectivity index (χ2v) is 6.15. The number of amides is 1. The van der Waals surface area contributed by atoms with Gasteiger partial charge in [-0.1, -0.05) is 29.8 Å². The van der Waals surface area contributed by atoms with Crippen molar-refractivity contribution in [2.45, 2.75) is 11.3 Å².